The van der Waals surface area contributed by atoms with Gasteiger partial charge >= 0.3 is 0 Å². The van der Waals surface area contributed by atoms with E-state index < -0.39 is 0 Å². The lowest BCUT2D eigenvalue weighted by Crippen LogP contribution is -2.15. The van der Waals surface area contributed by atoms with Crippen molar-refractivity contribution >= 4 is 39.3 Å². The second kappa shape index (κ2) is 9.16. The van der Waals surface area contributed by atoms with Gasteiger partial charge in [0.05, 0.1) is 25.7 Å². The molecule has 1 N–H and O–H groups in total. The number of carbonyl (C=O) groups is 1. The quantitative estimate of drug-likeness (QED) is 0.500. The van der Waals surface area contributed by atoms with E-state index in [-0.39, 0.29) is 11.7 Å². The number of rotatable bonds is 8. The lowest BCUT2D eigenvalue weighted by atomic mass is 10.2. The number of hydrogen-bond acceptors (Lipinski definition) is 7. The Morgan fingerprint density at radius 1 is 1.25 bits per heavy atom. The highest BCUT2D eigenvalue weighted by Crippen LogP contribution is 2.30. The van der Waals surface area contributed by atoms with Crippen LogP contribution in [0.3, 0.4) is 0 Å². The number of halogens is 1. The first-order chi connectivity index (χ1) is 13.5. The molecule has 1 amide bonds. The Labute approximate surface area is 174 Å². The summed E-state index contributed by atoms with van der Waals surface area (Å²) in [5, 5.41) is 11.9. The van der Waals surface area contributed by atoms with Crippen molar-refractivity contribution in [2.75, 3.05) is 25.3 Å². The van der Waals surface area contributed by atoms with Crippen molar-refractivity contribution in [3.63, 3.8) is 0 Å². The summed E-state index contributed by atoms with van der Waals surface area (Å²) in [6, 6.07) is 8.83. The first-order valence-corrected chi connectivity index (χ1v) is 10.2. The van der Waals surface area contributed by atoms with Crippen LogP contribution in [0.2, 0.25) is 0 Å². The van der Waals surface area contributed by atoms with Crippen molar-refractivity contribution in [2.24, 2.45) is 0 Å². The maximum absolute atomic E-state index is 12.4. The number of hydrogen-bond donors (Lipinski definition) is 1. The first-order valence-electron chi connectivity index (χ1n) is 8.39. The standard InChI is InChI=1S/C18H19BrN4O4S/c1-4-23-17(14-7-8-15(19)27-14)21-22-18(23)28-10-16(24)20-12-9-11(25-2)5-6-13(12)26-3/h5-9H,4,10H2,1-3H3,(H,20,24). The van der Waals surface area contributed by atoms with Gasteiger partial charge in [-0.3, -0.25) is 9.36 Å². The molecule has 0 atom stereocenters. The van der Waals surface area contributed by atoms with Gasteiger partial charge in [0, 0.05) is 12.6 Å². The molecule has 0 saturated carbocycles. The largest absolute Gasteiger partial charge is 0.497 e. The highest BCUT2D eigenvalue weighted by Gasteiger charge is 2.17. The fraction of sp³-hybridized carbons (Fsp3) is 0.278. The predicted octanol–water partition coefficient (Wildman–Crippen LogP) is 4.07. The maximum Gasteiger partial charge on any atom is 0.234 e. The summed E-state index contributed by atoms with van der Waals surface area (Å²) in [4.78, 5) is 12.4. The number of nitrogens with zero attached hydrogens (tertiary/aromatic N) is 3. The van der Waals surface area contributed by atoms with Gasteiger partial charge in [0.15, 0.2) is 15.6 Å². The SMILES string of the molecule is CCn1c(SCC(=O)Nc2cc(OC)ccc2OC)nnc1-c1ccc(Br)o1. The monoisotopic (exact) mass is 466 g/mol. The fourth-order valence-corrected chi connectivity index (χ4v) is 3.63. The number of carbonyl (C=O) groups excluding carboxylic acids is 1. The van der Waals surface area contributed by atoms with Gasteiger partial charge in [0.2, 0.25) is 11.7 Å². The normalized spacial score (nSPS) is 10.7. The van der Waals surface area contributed by atoms with Crippen LogP contribution < -0.4 is 14.8 Å². The van der Waals surface area contributed by atoms with E-state index in [9.17, 15) is 4.79 Å². The summed E-state index contributed by atoms with van der Waals surface area (Å²) in [5.74, 6) is 2.39. The van der Waals surface area contributed by atoms with Crippen LogP contribution in [0, 0.1) is 0 Å². The van der Waals surface area contributed by atoms with Crippen molar-refractivity contribution in [1.82, 2.24) is 14.8 Å². The minimum atomic E-state index is -0.190. The van der Waals surface area contributed by atoms with Crippen molar-refractivity contribution < 1.29 is 18.7 Å². The van der Waals surface area contributed by atoms with Crippen LogP contribution in [-0.2, 0) is 11.3 Å². The number of aromatic nitrogens is 3. The van der Waals surface area contributed by atoms with E-state index in [0.29, 0.717) is 45.1 Å². The molecule has 3 rings (SSSR count). The smallest absolute Gasteiger partial charge is 0.234 e. The molecular weight excluding hydrogens is 448 g/mol. The fourth-order valence-electron chi connectivity index (χ4n) is 2.53. The number of anilines is 1. The minimum Gasteiger partial charge on any atom is -0.497 e. The molecule has 0 aliphatic heterocycles. The molecule has 2 aromatic heterocycles. The molecule has 10 heteroatoms. The van der Waals surface area contributed by atoms with Gasteiger partial charge in [-0.25, -0.2) is 0 Å². The van der Waals surface area contributed by atoms with Gasteiger partial charge in [-0.15, -0.1) is 10.2 Å². The molecule has 1 aromatic carbocycles. The van der Waals surface area contributed by atoms with Crippen molar-refractivity contribution in [3.05, 3.63) is 35.0 Å². The number of nitrogens with one attached hydrogen (secondary N) is 1. The molecule has 28 heavy (non-hydrogen) atoms. The highest BCUT2D eigenvalue weighted by atomic mass is 79.9. The average Bonchev–Trinajstić information content (AvgIpc) is 3.31. The summed E-state index contributed by atoms with van der Waals surface area (Å²) in [6.45, 7) is 2.63. The van der Waals surface area contributed by atoms with Gasteiger partial charge in [-0.05, 0) is 47.1 Å². The Morgan fingerprint density at radius 3 is 2.71 bits per heavy atom. The van der Waals surface area contributed by atoms with Crippen LogP contribution in [0.1, 0.15) is 6.92 Å². The van der Waals surface area contributed by atoms with E-state index in [0.717, 1.165) is 0 Å². The summed E-state index contributed by atoms with van der Waals surface area (Å²) >= 11 is 4.58. The number of furan rings is 1. The van der Waals surface area contributed by atoms with Crippen molar-refractivity contribution in [3.8, 4) is 23.1 Å². The zero-order valence-electron chi connectivity index (χ0n) is 15.6. The molecule has 0 unspecified atom stereocenters. The van der Waals surface area contributed by atoms with Gasteiger partial charge in [-0.2, -0.15) is 0 Å². The van der Waals surface area contributed by atoms with Crippen LogP contribution >= 0.6 is 27.7 Å². The van der Waals surface area contributed by atoms with E-state index in [4.69, 9.17) is 13.9 Å². The molecule has 0 bridgehead atoms. The molecule has 3 aromatic rings. The summed E-state index contributed by atoms with van der Waals surface area (Å²) in [6.07, 6.45) is 0. The predicted molar refractivity (Wildman–Crippen MR) is 110 cm³/mol. The molecular formula is C18H19BrN4O4S. The number of amides is 1. The highest BCUT2D eigenvalue weighted by molar-refractivity contribution is 9.10. The topological polar surface area (TPSA) is 91.4 Å². The van der Waals surface area contributed by atoms with Gasteiger partial charge in [0.25, 0.3) is 0 Å². The maximum atomic E-state index is 12.4. The molecule has 0 aliphatic rings. The van der Waals surface area contributed by atoms with E-state index in [1.54, 1.807) is 38.5 Å². The van der Waals surface area contributed by atoms with Crippen LogP contribution in [0.25, 0.3) is 11.6 Å². The van der Waals surface area contributed by atoms with Crippen molar-refractivity contribution in [2.45, 2.75) is 18.6 Å². The Hall–Kier alpha value is -2.46. The van der Waals surface area contributed by atoms with Crippen LogP contribution in [-0.4, -0.2) is 40.6 Å². The molecule has 8 nitrogen and oxygen atoms in total. The Bertz CT molecular complexity index is 972. The van der Waals surface area contributed by atoms with E-state index in [1.165, 1.54) is 11.8 Å². The minimum absolute atomic E-state index is 0.167. The van der Waals surface area contributed by atoms with E-state index in [1.807, 2.05) is 17.6 Å². The van der Waals surface area contributed by atoms with E-state index in [2.05, 4.69) is 31.4 Å². The third-order valence-electron chi connectivity index (χ3n) is 3.84. The van der Waals surface area contributed by atoms with Crippen molar-refractivity contribution in [1.29, 1.82) is 0 Å². The molecule has 0 spiro atoms. The number of methoxy groups -OCH3 is 2. The third-order valence-corrected chi connectivity index (χ3v) is 5.23. The third kappa shape index (κ3) is 4.50. The summed E-state index contributed by atoms with van der Waals surface area (Å²) in [7, 11) is 3.11. The number of thioether (sulfide) groups is 1. The molecule has 0 radical (unpaired) electrons. The molecule has 148 valence electrons. The van der Waals surface area contributed by atoms with E-state index >= 15 is 0 Å². The zero-order chi connectivity index (χ0) is 20.1. The second-order valence-electron chi connectivity index (χ2n) is 5.56. The zero-order valence-corrected chi connectivity index (χ0v) is 18.0. The summed E-state index contributed by atoms with van der Waals surface area (Å²) < 4.78 is 18.6. The van der Waals surface area contributed by atoms with Gasteiger partial charge in [0.1, 0.15) is 11.5 Å². The Balaban J connectivity index is 1.69. The Kier molecular flexibility index (Phi) is 6.63. The molecule has 0 fully saturated rings. The molecule has 2 heterocycles. The molecule has 0 aliphatic carbocycles. The lowest BCUT2D eigenvalue weighted by molar-refractivity contribution is -0.113. The summed E-state index contributed by atoms with van der Waals surface area (Å²) in [5.41, 5.74) is 0.547. The van der Waals surface area contributed by atoms with Crippen LogP contribution in [0.15, 0.2) is 44.6 Å². The first kappa shape index (κ1) is 20.3. The van der Waals surface area contributed by atoms with Gasteiger partial charge in [-0.1, -0.05) is 11.8 Å². The van der Waals surface area contributed by atoms with Crippen LogP contribution in [0.4, 0.5) is 5.69 Å². The lowest BCUT2D eigenvalue weighted by Gasteiger charge is -2.11. The van der Waals surface area contributed by atoms with Crippen LogP contribution in [0.5, 0.6) is 11.5 Å². The van der Waals surface area contributed by atoms with Gasteiger partial charge < -0.3 is 19.2 Å². The average molecular weight is 467 g/mol. The number of benzene rings is 1. The second-order valence-corrected chi connectivity index (χ2v) is 7.28. The molecule has 0 saturated heterocycles. The Morgan fingerprint density at radius 2 is 2.07 bits per heavy atom. The number of ether oxygens (including phenoxy) is 2.